The summed E-state index contributed by atoms with van der Waals surface area (Å²) in [7, 11) is 0. The first-order chi connectivity index (χ1) is 12.0. The second-order valence-electron chi connectivity index (χ2n) is 5.89. The quantitative estimate of drug-likeness (QED) is 0.522. The van der Waals surface area contributed by atoms with Gasteiger partial charge in [-0.25, -0.2) is 4.52 Å². The Morgan fingerprint density at radius 3 is 2.92 bits per heavy atom. The lowest BCUT2D eigenvalue weighted by atomic mass is 9.97. The molecule has 1 aliphatic rings. The SMILES string of the molecule is O=C(c1cc2ccc(Cl)cn2n1)N1CCc2c(cccc2[N+](=O)[O-])C1. The molecule has 0 atom stereocenters. The summed E-state index contributed by atoms with van der Waals surface area (Å²) >= 11 is 5.94. The van der Waals surface area contributed by atoms with Crippen molar-refractivity contribution in [3.8, 4) is 0 Å². The van der Waals surface area contributed by atoms with Crippen LogP contribution in [0.15, 0.2) is 42.6 Å². The molecule has 126 valence electrons. The molecule has 3 heterocycles. The maximum Gasteiger partial charge on any atom is 0.274 e. The van der Waals surface area contributed by atoms with Crippen molar-refractivity contribution in [1.82, 2.24) is 14.5 Å². The lowest BCUT2D eigenvalue weighted by Gasteiger charge is -2.28. The van der Waals surface area contributed by atoms with Gasteiger partial charge >= 0.3 is 0 Å². The standard InChI is InChI=1S/C17H13ClN4O3/c18-12-4-5-13-8-15(19-21(13)10-12)17(23)20-7-6-14-11(9-20)2-1-3-16(14)22(24)25/h1-5,8,10H,6-7,9H2. The number of nitrogens with zero attached hydrogens (tertiary/aromatic N) is 4. The summed E-state index contributed by atoms with van der Waals surface area (Å²) < 4.78 is 1.57. The summed E-state index contributed by atoms with van der Waals surface area (Å²) in [5.74, 6) is -0.197. The van der Waals surface area contributed by atoms with Gasteiger partial charge in [0, 0.05) is 30.9 Å². The Kier molecular flexibility index (Phi) is 3.65. The molecule has 7 nitrogen and oxygen atoms in total. The predicted octanol–water partition coefficient (Wildman–Crippen LogP) is 3.09. The fourth-order valence-corrected chi connectivity index (χ4v) is 3.32. The Labute approximate surface area is 147 Å². The molecule has 0 bridgehead atoms. The normalized spacial score (nSPS) is 13.7. The molecule has 0 aliphatic carbocycles. The van der Waals surface area contributed by atoms with Crippen molar-refractivity contribution in [1.29, 1.82) is 0 Å². The molecule has 25 heavy (non-hydrogen) atoms. The minimum Gasteiger partial charge on any atom is -0.333 e. The van der Waals surface area contributed by atoms with Crippen LogP contribution in [0.3, 0.4) is 0 Å². The van der Waals surface area contributed by atoms with Gasteiger partial charge in [-0.1, -0.05) is 23.7 Å². The van der Waals surface area contributed by atoms with Gasteiger partial charge in [0.25, 0.3) is 11.6 Å². The first-order valence-corrected chi connectivity index (χ1v) is 8.10. The minimum atomic E-state index is -0.373. The van der Waals surface area contributed by atoms with Gasteiger partial charge in [-0.3, -0.25) is 14.9 Å². The van der Waals surface area contributed by atoms with Crippen LogP contribution in [0, 0.1) is 10.1 Å². The van der Waals surface area contributed by atoms with Crippen molar-refractivity contribution in [3.05, 3.63) is 74.6 Å². The van der Waals surface area contributed by atoms with E-state index in [9.17, 15) is 14.9 Å². The van der Waals surface area contributed by atoms with Crippen LogP contribution in [0.2, 0.25) is 5.02 Å². The Balaban J connectivity index is 1.63. The van der Waals surface area contributed by atoms with Crippen LogP contribution in [0.25, 0.3) is 5.52 Å². The van der Waals surface area contributed by atoms with Crippen molar-refractivity contribution in [2.45, 2.75) is 13.0 Å². The van der Waals surface area contributed by atoms with Gasteiger partial charge in [0.15, 0.2) is 5.69 Å². The third-order valence-corrected chi connectivity index (χ3v) is 4.59. The van der Waals surface area contributed by atoms with E-state index in [1.807, 2.05) is 6.07 Å². The molecule has 3 aromatic rings. The highest BCUT2D eigenvalue weighted by Crippen LogP contribution is 2.28. The third-order valence-electron chi connectivity index (χ3n) is 4.37. The predicted molar refractivity (Wildman–Crippen MR) is 91.7 cm³/mol. The van der Waals surface area contributed by atoms with Gasteiger partial charge < -0.3 is 4.90 Å². The molecule has 0 radical (unpaired) electrons. The zero-order valence-corrected chi connectivity index (χ0v) is 13.8. The van der Waals surface area contributed by atoms with E-state index >= 15 is 0 Å². The number of hydrogen-bond donors (Lipinski definition) is 0. The largest absolute Gasteiger partial charge is 0.333 e. The monoisotopic (exact) mass is 356 g/mol. The lowest BCUT2D eigenvalue weighted by molar-refractivity contribution is -0.385. The van der Waals surface area contributed by atoms with Crippen LogP contribution in [-0.2, 0) is 13.0 Å². The van der Waals surface area contributed by atoms with E-state index in [1.54, 1.807) is 39.9 Å². The summed E-state index contributed by atoms with van der Waals surface area (Å²) in [4.78, 5) is 25.2. The molecule has 0 unspecified atom stereocenters. The lowest BCUT2D eigenvalue weighted by Crippen LogP contribution is -2.36. The Hall–Kier alpha value is -2.93. The van der Waals surface area contributed by atoms with Crippen LogP contribution < -0.4 is 0 Å². The van der Waals surface area contributed by atoms with E-state index in [-0.39, 0.29) is 16.5 Å². The first-order valence-electron chi connectivity index (χ1n) is 7.72. The van der Waals surface area contributed by atoms with Crippen LogP contribution in [0.1, 0.15) is 21.6 Å². The van der Waals surface area contributed by atoms with E-state index < -0.39 is 0 Å². The zero-order chi connectivity index (χ0) is 17.6. The van der Waals surface area contributed by atoms with Gasteiger partial charge in [-0.15, -0.1) is 0 Å². The molecule has 0 saturated carbocycles. The summed E-state index contributed by atoms with van der Waals surface area (Å²) in [6, 6.07) is 10.2. The van der Waals surface area contributed by atoms with Gasteiger partial charge in [-0.2, -0.15) is 5.10 Å². The van der Waals surface area contributed by atoms with E-state index in [1.165, 1.54) is 6.07 Å². The number of halogens is 1. The van der Waals surface area contributed by atoms with Crippen molar-refractivity contribution < 1.29 is 9.72 Å². The second-order valence-corrected chi connectivity index (χ2v) is 6.33. The molecule has 0 N–H and O–H groups in total. The number of carbonyl (C=O) groups is 1. The number of amides is 1. The molecule has 1 amide bonds. The maximum atomic E-state index is 12.8. The Morgan fingerprint density at radius 2 is 2.12 bits per heavy atom. The van der Waals surface area contributed by atoms with Crippen LogP contribution in [0.5, 0.6) is 0 Å². The number of nitro groups is 1. The smallest absolute Gasteiger partial charge is 0.274 e. The van der Waals surface area contributed by atoms with E-state index in [2.05, 4.69) is 5.10 Å². The van der Waals surface area contributed by atoms with E-state index in [0.29, 0.717) is 35.8 Å². The number of fused-ring (bicyclic) bond motifs is 2. The first kappa shape index (κ1) is 15.6. The van der Waals surface area contributed by atoms with E-state index in [0.717, 1.165) is 11.1 Å². The average molecular weight is 357 g/mol. The van der Waals surface area contributed by atoms with Gasteiger partial charge in [0.2, 0.25) is 0 Å². The molecular weight excluding hydrogens is 344 g/mol. The fourth-order valence-electron chi connectivity index (χ4n) is 3.16. The molecule has 0 saturated heterocycles. The van der Waals surface area contributed by atoms with Crippen LogP contribution in [-0.4, -0.2) is 31.9 Å². The number of hydrogen-bond acceptors (Lipinski definition) is 4. The van der Waals surface area contributed by atoms with E-state index in [4.69, 9.17) is 11.6 Å². The van der Waals surface area contributed by atoms with Crippen LogP contribution >= 0.6 is 11.6 Å². The van der Waals surface area contributed by atoms with Crippen molar-refractivity contribution in [2.75, 3.05) is 6.54 Å². The highest BCUT2D eigenvalue weighted by molar-refractivity contribution is 6.30. The van der Waals surface area contributed by atoms with Crippen LogP contribution in [0.4, 0.5) is 5.69 Å². The highest BCUT2D eigenvalue weighted by atomic mass is 35.5. The minimum absolute atomic E-state index is 0.118. The van der Waals surface area contributed by atoms with Crippen molar-refractivity contribution >= 4 is 28.7 Å². The second kappa shape index (κ2) is 5.86. The van der Waals surface area contributed by atoms with Crippen molar-refractivity contribution in [2.24, 2.45) is 0 Å². The van der Waals surface area contributed by atoms with Gasteiger partial charge in [0.05, 0.1) is 15.5 Å². The number of pyridine rings is 1. The zero-order valence-electron chi connectivity index (χ0n) is 13.1. The number of benzene rings is 1. The molecule has 8 heteroatoms. The molecular formula is C17H13ClN4O3. The molecule has 1 aliphatic heterocycles. The van der Waals surface area contributed by atoms with Crippen molar-refractivity contribution in [3.63, 3.8) is 0 Å². The Morgan fingerprint density at radius 1 is 1.28 bits per heavy atom. The summed E-state index contributed by atoms with van der Waals surface area (Å²) in [5.41, 5.74) is 2.74. The maximum absolute atomic E-state index is 12.8. The Bertz CT molecular complexity index is 1010. The number of rotatable bonds is 2. The molecule has 2 aromatic heterocycles. The third kappa shape index (κ3) is 2.72. The van der Waals surface area contributed by atoms with Gasteiger partial charge in [0.1, 0.15) is 0 Å². The number of carbonyl (C=O) groups excluding carboxylic acids is 1. The summed E-state index contributed by atoms with van der Waals surface area (Å²) in [6.45, 7) is 0.760. The molecule has 0 spiro atoms. The molecule has 4 rings (SSSR count). The molecule has 0 fully saturated rings. The topological polar surface area (TPSA) is 80.8 Å². The molecule has 1 aromatic carbocycles. The average Bonchev–Trinajstić information content (AvgIpc) is 3.03. The highest BCUT2D eigenvalue weighted by Gasteiger charge is 2.27. The summed E-state index contributed by atoms with van der Waals surface area (Å²) in [6.07, 6.45) is 2.10. The summed E-state index contributed by atoms with van der Waals surface area (Å²) in [5, 5.41) is 16.0. The fraction of sp³-hybridized carbons (Fsp3) is 0.176. The van der Waals surface area contributed by atoms with Gasteiger partial charge in [-0.05, 0) is 30.2 Å². The number of aromatic nitrogens is 2. The number of nitro benzene ring substituents is 1.